The van der Waals surface area contributed by atoms with Crippen molar-refractivity contribution >= 4 is 55.6 Å². The first-order valence-electron chi connectivity index (χ1n) is 10.0. The molecule has 0 aliphatic rings. The molecule has 0 atom stereocenters. The van der Waals surface area contributed by atoms with E-state index in [4.69, 9.17) is 16.3 Å². The predicted molar refractivity (Wildman–Crippen MR) is 129 cm³/mol. The summed E-state index contributed by atoms with van der Waals surface area (Å²) < 4.78 is 50.3. The topological polar surface area (TPSA) is 102 Å². The van der Waals surface area contributed by atoms with Crippen LogP contribution >= 0.6 is 22.9 Å². The molecule has 0 bridgehead atoms. The van der Waals surface area contributed by atoms with E-state index >= 15 is 0 Å². The van der Waals surface area contributed by atoms with Crippen LogP contribution in [-0.4, -0.2) is 31.2 Å². The zero-order chi connectivity index (χ0) is 24.5. The van der Waals surface area contributed by atoms with E-state index in [9.17, 15) is 17.6 Å². The second-order valence-electron chi connectivity index (χ2n) is 7.37. The Bertz CT molecular complexity index is 1480. The first-order chi connectivity index (χ1) is 16.2. The number of benzene rings is 2. The van der Waals surface area contributed by atoms with E-state index in [0.29, 0.717) is 10.9 Å². The van der Waals surface area contributed by atoms with E-state index in [1.165, 1.54) is 43.0 Å². The van der Waals surface area contributed by atoms with Crippen molar-refractivity contribution in [2.75, 3.05) is 11.8 Å². The molecule has 12 heteroatoms. The lowest BCUT2D eigenvalue weighted by atomic mass is 10.1. The standard InChI is InChI=1S/C22H20ClFN4O4S2/c1-13(29)25-11-14-4-3-5-15(10-14)12-28-21-16(24)6-7-17(32-2)20(21)22(26-28)27-34(30,31)19-9-8-18(23)33-19/h3-10H,11-12H2,1-2H3,(H,25,29)(H,26,27). The monoisotopic (exact) mass is 522 g/mol. The molecule has 4 rings (SSSR count). The van der Waals surface area contributed by atoms with Gasteiger partial charge in [-0.3, -0.25) is 14.2 Å². The fourth-order valence-electron chi connectivity index (χ4n) is 3.46. The molecule has 0 radical (unpaired) electrons. The molecule has 2 aromatic heterocycles. The van der Waals surface area contributed by atoms with Gasteiger partial charge < -0.3 is 10.1 Å². The number of ether oxygens (including phenoxy) is 1. The van der Waals surface area contributed by atoms with Gasteiger partial charge in [-0.1, -0.05) is 35.9 Å². The maximum Gasteiger partial charge on any atom is 0.272 e. The molecule has 0 spiro atoms. The van der Waals surface area contributed by atoms with Crippen LogP contribution in [0.2, 0.25) is 4.34 Å². The van der Waals surface area contributed by atoms with Gasteiger partial charge in [0, 0.05) is 13.5 Å². The number of sulfonamides is 1. The molecule has 178 valence electrons. The Hall–Kier alpha value is -3.15. The van der Waals surface area contributed by atoms with Crippen molar-refractivity contribution in [2.45, 2.75) is 24.2 Å². The second-order valence-corrected chi connectivity index (χ2v) is 11.0. The van der Waals surface area contributed by atoms with Crippen LogP contribution in [0.5, 0.6) is 5.75 Å². The molecule has 34 heavy (non-hydrogen) atoms. The van der Waals surface area contributed by atoms with Crippen molar-refractivity contribution in [1.82, 2.24) is 15.1 Å². The molecule has 0 saturated carbocycles. The van der Waals surface area contributed by atoms with Crippen molar-refractivity contribution in [3.8, 4) is 5.75 Å². The average Bonchev–Trinajstić information content (AvgIpc) is 3.38. The number of rotatable bonds is 8. The van der Waals surface area contributed by atoms with Gasteiger partial charge >= 0.3 is 0 Å². The van der Waals surface area contributed by atoms with Gasteiger partial charge in [-0.25, -0.2) is 12.8 Å². The van der Waals surface area contributed by atoms with Crippen LogP contribution < -0.4 is 14.8 Å². The maximum atomic E-state index is 15.0. The summed E-state index contributed by atoms with van der Waals surface area (Å²) in [6, 6.07) is 12.9. The second kappa shape index (κ2) is 9.61. The van der Waals surface area contributed by atoms with Crippen molar-refractivity contribution in [2.24, 2.45) is 0 Å². The normalized spacial score (nSPS) is 11.5. The zero-order valence-electron chi connectivity index (χ0n) is 18.1. The number of hydrogen-bond acceptors (Lipinski definition) is 6. The van der Waals surface area contributed by atoms with Gasteiger partial charge in [-0.05, 0) is 35.4 Å². The zero-order valence-corrected chi connectivity index (χ0v) is 20.5. The van der Waals surface area contributed by atoms with Crippen LogP contribution in [0, 0.1) is 5.82 Å². The lowest BCUT2D eigenvalue weighted by Gasteiger charge is -2.08. The number of fused-ring (bicyclic) bond motifs is 1. The number of aromatic nitrogens is 2. The summed E-state index contributed by atoms with van der Waals surface area (Å²) in [6.07, 6.45) is 0. The van der Waals surface area contributed by atoms with Gasteiger partial charge in [0.15, 0.2) is 5.82 Å². The summed E-state index contributed by atoms with van der Waals surface area (Å²) in [5.41, 5.74) is 1.74. The molecular weight excluding hydrogens is 503 g/mol. The van der Waals surface area contributed by atoms with Crippen LogP contribution in [-0.2, 0) is 27.9 Å². The van der Waals surface area contributed by atoms with Gasteiger partial charge in [0.2, 0.25) is 5.91 Å². The van der Waals surface area contributed by atoms with E-state index in [0.717, 1.165) is 22.5 Å². The average molecular weight is 523 g/mol. The van der Waals surface area contributed by atoms with Gasteiger partial charge in [-0.2, -0.15) is 5.10 Å². The Labute approximate surface area is 204 Å². The Morgan fingerprint density at radius 1 is 1.21 bits per heavy atom. The SMILES string of the molecule is COc1ccc(F)c2c1c(NS(=O)(=O)c1ccc(Cl)s1)nn2Cc1cccc(CNC(C)=O)c1. The van der Waals surface area contributed by atoms with Crippen LogP contribution in [0.25, 0.3) is 10.9 Å². The van der Waals surface area contributed by atoms with E-state index in [-0.39, 0.29) is 39.1 Å². The van der Waals surface area contributed by atoms with Crippen molar-refractivity contribution in [1.29, 1.82) is 0 Å². The Kier molecular flexibility index (Phi) is 6.78. The third kappa shape index (κ3) is 5.01. The first kappa shape index (κ1) is 24.0. The number of halogens is 2. The molecule has 0 aliphatic carbocycles. The number of carbonyl (C=O) groups excluding carboxylic acids is 1. The minimum atomic E-state index is -4.01. The summed E-state index contributed by atoms with van der Waals surface area (Å²) in [5.74, 6) is -0.529. The smallest absolute Gasteiger partial charge is 0.272 e. The minimum Gasteiger partial charge on any atom is -0.496 e. The number of hydrogen-bond donors (Lipinski definition) is 2. The van der Waals surface area contributed by atoms with E-state index < -0.39 is 15.8 Å². The molecule has 0 aliphatic heterocycles. The third-order valence-electron chi connectivity index (χ3n) is 4.94. The lowest BCUT2D eigenvalue weighted by Crippen LogP contribution is -2.19. The number of thiophene rings is 1. The highest BCUT2D eigenvalue weighted by Gasteiger charge is 2.24. The van der Waals surface area contributed by atoms with Gasteiger partial charge in [0.1, 0.15) is 21.3 Å². The molecule has 0 saturated heterocycles. The molecule has 2 heterocycles. The molecule has 0 unspecified atom stereocenters. The molecule has 2 N–H and O–H groups in total. The summed E-state index contributed by atoms with van der Waals surface area (Å²) in [4.78, 5) is 11.2. The van der Waals surface area contributed by atoms with Crippen molar-refractivity contribution in [3.05, 3.63) is 69.8 Å². The van der Waals surface area contributed by atoms with E-state index in [2.05, 4.69) is 15.1 Å². The highest BCUT2D eigenvalue weighted by atomic mass is 35.5. The van der Waals surface area contributed by atoms with Crippen molar-refractivity contribution < 1.29 is 22.3 Å². The fourth-order valence-corrected chi connectivity index (χ4v) is 5.95. The maximum absolute atomic E-state index is 15.0. The van der Waals surface area contributed by atoms with Gasteiger partial charge in [-0.15, -0.1) is 11.3 Å². The summed E-state index contributed by atoms with van der Waals surface area (Å²) >= 11 is 6.79. The van der Waals surface area contributed by atoms with Gasteiger partial charge in [0.25, 0.3) is 10.0 Å². The van der Waals surface area contributed by atoms with Gasteiger partial charge in [0.05, 0.1) is 23.4 Å². The first-order valence-corrected chi connectivity index (χ1v) is 12.7. The fraction of sp³-hybridized carbons (Fsp3) is 0.182. The number of nitrogens with one attached hydrogen (secondary N) is 2. The Morgan fingerprint density at radius 3 is 2.65 bits per heavy atom. The highest BCUT2D eigenvalue weighted by molar-refractivity contribution is 7.94. The number of carbonyl (C=O) groups is 1. The lowest BCUT2D eigenvalue weighted by molar-refractivity contribution is -0.119. The van der Waals surface area contributed by atoms with Crippen LogP contribution in [0.3, 0.4) is 0 Å². The molecule has 8 nitrogen and oxygen atoms in total. The molecule has 0 fully saturated rings. The molecule has 1 amide bonds. The Balaban J connectivity index is 1.77. The quantitative estimate of drug-likeness (QED) is 0.357. The molecule has 4 aromatic rings. The van der Waals surface area contributed by atoms with Crippen LogP contribution in [0.4, 0.5) is 10.2 Å². The number of anilines is 1. The number of amides is 1. The number of nitrogens with zero attached hydrogens (tertiary/aromatic N) is 2. The summed E-state index contributed by atoms with van der Waals surface area (Å²) in [5, 5.41) is 7.31. The highest BCUT2D eigenvalue weighted by Crippen LogP contribution is 2.36. The minimum absolute atomic E-state index is 0.00115. The third-order valence-corrected chi connectivity index (χ3v) is 8.00. The molecular formula is C22H20ClFN4O4S2. The summed E-state index contributed by atoms with van der Waals surface area (Å²) in [7, 11) is -2.60. The van der Waals surface area contributed by atoms with Crippen LogP contribution in [0.1, 0.15) is 18.1 Å². The molecule has 2 aromatic carbocycles. The largest absolute Gasteiger partial charge is 0.496 e. The Morgan fingerprint density at radius 2 is 1.97 bits per heavy atom. The van der Waals surface area contributed by atoms with Crippen molar-refractivity contribution in [3.63, 3.8) is 0 Å². The summed E-state index contributed by atoms with van der Waals surface area (Å²) in [6.45, 7) is 1.93. The van der Waals surface area contributed by atoms with E-state index in [1.807, 2.05) is 24.3 Å². The predicted octanol–water partition coefficient (Wildman–Crippen LogP) is 4.38. The van der Waals surface area contributed by atoms with Crippen LogP contribution in [0.15, 0.2) is 52.7 Å². The van der Waals surface area contributed by atoms with E-state index in [1.54, 1.807) is 0 Å². The number of methoxy groups -OCH3 is 1.